The molecule has 0 fully saturated rings. The van der Waals surface area contributed by atoms with Gasteiger partial charge in [-0.25, -0.2) is 4.79 Å². The van der Waals surface area contributed by atoms with Crippen molar-refractivity contribution in [3.63, 3.8) is 0 Å². The van der Waals surface area contributed by atoms with Crippen LogP contribution in [0.3, 0.4) is 0 Å². The molecule has 0 aliphatic rings. The molecule has 0 saturated carbocycles. The third-order valence-electron chi connectivity index (χ3n) is 4.09. The van der Waals surface area contributed by atoms with Crippen molar-refractivity contribution < 1.29 is 19.0 Å². The average molecular weight is 363 g/mol. The standard InChI is InChI=1S/C22H34O4/c1-4-6-8-10-16-25-20-14-12-19(13-15-22(23)24-3)18-21(20)26-17-11-9-7-5-2/h12-15,18H,4-11,16-17H2,1-3H3. The summed E-state index contributed by atoms with van der Waals surface area (Å²) >= 11 is 0. The highest BCUT2D eigenvalue weighted by Crippen LogP contribution is 2.29. The first-order valence-corrected chi connectivity index (χ1v) is 9.87. The molecule has 0 aliphatic carbocycles. The summed E-state index contributed by atoms with van der Waals surface area (Å²) in [6.45, 7) is 5.77. The van der Waals surface area contributed by atoms with E-state index in [4.69, 9.17) is 9.47 Å². The molecule has 0 spiro atoms. The number of rotatable bonds is 14. The lowest BCUT2D eigenvalue weighted by Gasteiger charge is -2.13. The normalized spacial score (nSPS) is 10.9. The first-order chi connectivity index (χ1) is 12.7. The smallest absolute Gasteiger partial charge is 0.330 e. The summed E-state index contributed by atoms with van der Waals surface area (Å²) in [4.78, 5) is 11.3. The second-order valence-electron chi connectivity index (χ2n) is 6.38. The molecule has 4 nitrogen and oxygen atoms in total. The molecule has 1 rings (SSSR count). The highest BCUT2D eigenvalue weighted by molar-refractivity contribution is 5.87. The Morgan fingerprint density at radius 1 is 0.885 bits per heavy atom. The van der Waals surface area contributed by atoms with Crippen LogP contribution in [0.1, 0.15) is 70.8 Å². The van der Waals surface area contributed by atoms with E-state index in [0.29, 0.717) is 13.2 Å². The monoisotopic (exact) mass is 362 g/mol. The zero-order valence-corrected chi connectivity index (χ0v) is 16.6. The predicted molar refractivity (Wildman–Crippen MR) is 107 cm³/mol. The molecule has 0 aromatic heterocycles. The molecule has 0 N–H and O–H groups in total. The summed E-state index contributed by atoms with van der Waals surface area (Å²) in [6.07, 6.45) is 12.5. The zero-order chi connectivity index (χ0) is 19.0. The van der Waals surface area contributed by atoms with Crippen LogP contribution in [0.25, 0.3) is 6.08 Å². The lowest BCUT2D eigenvalue weighted by Crippen LogP contribution is -2.03. The van der Waals surface area contributed by atoms with Crippen molar-refractivity contribution in [1.82, 2.24) is 0 Å². The molecule has 0 amide bonds. The van der Waals surface area contributed by atoms with Gasteiger partial charge in [0.2, 0.25) is 0 Å². The van der Waals surface area contributed by atoms with Crippen LogP contribution >= 0.6 is 0 Å². The maximum absolute atomic E-state index is 11.3. The number of hydrogen-bond acceptors (Lipinski definition) is 4. The molecule has 0 radical (unpaired) electrons. The molecule has 1 aromatic rings. The average Bonchev–Trinajstić information content (AvgIpc) is 2.66. The van der Waals surface area contributed by atoms with Gasteiger partial charge < -0.3 is 14.2 Å². The summed E-state index contributed by atoms with van der Waals surface area (Å²) in [5.41, 5.74) is 0.886. The molecule has 0 bridgehead atoms. The first-order valence-electron chi connectivity index (χ1n) is 9.87. The van der Waals surface area contributed by atoms with E-state index in [2.05, 4.69) is 18.6 Å². The van der Waals surface area contributed by atoms with E-state index < -0.39 is 0 Å². The summed E-state index contributed by atoms with van der Waals surface area (Å²) in [7, 11) is 1.37. The lowest BCUT2D eigenvalue weighted by molar-refractivity contribution is -0.134. The van der Waals surface area contributed by atoms with Gasteiger partial charge in [-0.3, -0.25) is 0 Å². The van der Waals surface area contributed by atoms with Crippen LogP contribution in [0.15, 0.2) is 24.3 Å². The van der Waals surface area contributed by atoms with Gasteiger partial charge in [0, 0.05) is 6.08 Å². The molecule has 0 aliphatic heterocycles. The second-order valence-corrected chi connectivity index (χ2v) is 6.38. The zero-order valence-electron chi connectivity index (χ0n) is 16.6. The number of unbranched alkanes of at least 4 members (excludes halogenated alkanes) is 6. The highest BCUT2D eigenvalue weighted by atomic mass is 16.5. The minimum Gasteiger partial charge on any atom is -0.490 e. The Morgan fingerprint density at radius 2 is 1.50 bits per heavy atom. The number of carbonyl (C=O) groups is 1. The molecule has 0 unspecified atom stereocenters. The van der Waals surface area contributed by atoms with E-state index in [0.717, 1.165) is 29.9 Å². The van der Waals surface area contributed by atoms with Gasteiger partial charge in [-0.2, -0.15) is 0 Å². The van der Waals surface area contributed by atoms with Crippen molar-refractivity contribution in [1.29, 1.82) is 0 Å². The molecule has 0 heterocycles. The fourth-order valence-corrected chi connectivity index (χ4v) is 2.51. The maximum Gasteiger partial charge on any atom is 0.330 e. The highest BCUT2D eigenvalue weighted by Gasteiger charge is 2.07. The van der Waals surface area contributed by atoms with Crippen molar-refractivity contribution in [2.45, 2.75) is 65.2 Å². The van der Waals surface area contributed by atoms with Crippen molar-refractivity contribution in [3.8, 4) is 11.5 Å². The molecule has 0 saturated heterocycles. The first kappa shape index (κ1) is 22.1. The Labute approximate surface area is 158 Å². The number of methoxy groups -OCH3 is 1. The van der Waals surface area contributed by atoms with Gasteiger partial charge in [0.1, 0.15) is 0 Å². The topological polar surface area (TPSA) is 44.8 Å². The Morgan fingerprint density at radius 3 is 2.08 bits per heavy atom. The predicted octanol–water partition coefficient (Wildman–Crippen LogP) is 5.79. The summed E-state index contributed by atoms with van der Waals surface area (Å²) in [5.74, 6) is 1.14. The SMILES string of the molecule is CCCCCCOc1ccc(C=CC(=O)OC)cc1OCCCCCC. The van der Waals surface area contributed by atoms with Crippen LogP contribution in [0, 0.1) is 0 Å². The van der Waals surface area contributed by atoms with E-state index in [9.17, 15) is 4.79 Å². The van der Waals surface area contributed by atoms with Gasteiger partial charge >= 0.3 is 5.97 Å². The van der Waals surface area contributed by atoms with Crippen LogP contribution < -0.4 is 9.47 Å². The maximum atomic E-state index is 11.3. The Balaban J connectivity index is 2.69. The van der Waals surface area contributed by atoms with Gasteiger partial charge in [-0.05, 0) is 36.6 Å². The van der Waals surface area contributed by atoms with Crippen LogP contribution in [0.2, 0.25) is 0 Å². The molecule has 0 atom stereocenters. The number of hydrogen-bond donors (Lipinski definition) is 0. The number of ether oxygens (including phenoxy) is 3. The Kier molecular flexibility index (Phi) is 12.1. The van der Waals surface area contributed by atoms with Gasteiger partial charge in [0.15, 0.2) is 11.5 Å². The van der Waals surface area contributed by atoms with Crippen molar-refractivity contribution in [2.24, 2.45) is 0 Å². The van der Waals surface area contributed by atoms with E-state index >= 15 is 0 Å². The van der Waals surface area contributed by atoms with E-state index in [1.807, 2.05) is 18.2 Å². The number of carbonyl (C=O) groups excluding carboxylic acids is 1. The fraction of sp³-hybridized carbons (Fsp3) is 0.591. The molecule has 26 heavy (non-hydrogen) atoms. The fourth-order valence-electron chi connectivity index (χ4n) is 2.51. The molecule has 1 aromatic carbocycles. The van der Waals surface area contributed by atoms with Crippen LogP contribution in [-0.2, 0) is 9.53 Å². The Hall–Kier alpha value is -1.97. The van der Waals surface area contributed by atoms with Gasteiger partial charge in [-0.1, -0.05) is 58.4 Å². The molecule has 4 heteroatoms. The lowest BCUT2D eigenvalue weighted by atomic mass is 10.2. The van der Waals surface area contributed by atoms with Gasteiger partial charge in [0.25, 0.3) is 0 Å². The minimum absolute atomic E-state index is 0.372. The molecular weight excluding hydrogens is 328 g/mol. The van der Waals surface area contributed by atoms with Crippen molar-refractivity contribution in [2.75, 3.05) is 20.3 Å². The largest absolute Gasteiger partial charge is 0.490 e. The van der Waals surface area contributed by atoms with Gasteiger partial charge in [-0.15, -0.1) is 0 Å². The summed E-state index contributed by atoms with van der Waals surface area (Å²) < 4.78 is 16.5. The number of esters is 1. The summed E-state index contributed by atoms with van der Waals surface area (Å²) in [5, 5.41) is 0. The third-order valence-corrected chi connectivity index (χ3v) is 4.09. The van der Waals surface area contributed by atoms with Gasteiger partial charge in [0.05, 0.1) is 20.3 Å². The number of benzene rings is 1. The Bertz CT molecular complexity index is 537. The van der Waals surface area contributed by atoms with Crippen LogP contribution in [0.5, 0.6) is 11.5 Å². The van der Waals surface area contributed by atoms with Crippen LogP contribution in [-0.4, -0.2) is 26.3 Å². The van der Waals surface area contributed by atoms with E-state index in [-0.39, 0.29) is 5.97 Å². The third kappa shape index (κ3) is 9.50. The van der Waals surface area contributed by atoms with E-state index in [1.165, 1.54) is 51.7 Å². The summed E-state index contributed by atoms with van der Waals surface area (Å²) in [6, 6.07) is 5.75. The van der Waals surface area contributed by atoms with Crippen molar-refractivity contribution >= 4 is 12.0 Å². The minimum atomic E-state index is -0.372. The quantitative estimate of drug-likeness (QED) is 0.239. The second kappa shape index (κ2) is 14.2. The van der Waals surface area contributed by atoms with Crippen LogP contribution in [0.4, 0.5) is 0 Å². The molecular formula is C22H34O4. The van der Waals surface area contributed by atoms with Crippen molar-refractivity contribution in [3.05, 3.63) is 29.8 Å². The molecule has 146 valence electrons. The van der Waals surface area contributed by atoms with E-state index in [1.54, 1.807) is 6.08 Å².